The van der Waals surface area contributed by atoms with Crippen molar-refractivity contribution >= 4 is 17.7 Å². The summed E-state index contributed by atoms with van der Waals surface area (Å²) in [5.74, 6) is 0.677. The molecule has 2 N–H and O–H groups in total. The summed E-state index contributed by atoms with van der Waals surface area (Å²) in [5.41, 5.74) is 3.68. The van der Waals surface area contributed by atoms with Crippen molar-refractivity contribution in [3.8, 4) is 5.75 Å². The molecular weight excluding hydrogens is 334 g/mol. The van der Waals surface area contributed by atoms with Gasteiger partial charge < -0.3 is 14.8 Å². The van der Waals surface area contributed by atoms with Gasteiger partial charge in [0.15, 0.2) is 0 Å². The fourth-order valence-corrected chi connectivity index (χ4v) is 2.84. The highest BCUT2D eigenvalue weighted by molar-refractivity contribution is 6.00. The molecule has 7 nitrogen and oxygen atoms in total. The van der Waals surface area contributed by atoms with Crippen LogP contribution in [0.5, 0.6) is 5.75 Å². The van der Waals surface area contributed by atoms with Crippen LogP contribution in [-0.2, 0) is 16.1 Å². The van der Waals surface area contributed by atoms with Crippen LogP contribution in [0.3, 0.4) is 0 Å². The molecular formula is C19H27N3O4. The highest BCUT2D eigenvalue weighted by atomic mass is 16.6. The predicted molar refractivity (Wildman–Crippen MR) is 99.1 cm³/mol. The van der Waals surface area contributed by atoms with Crippen LogP contribution in [0.15, 0.2) is 29.4 Å². The Balaban J connectivity index is 1.67. The Morgan fingerprint density at radius 3 is 2.50 bits per heavy atom. The first-order chi connectivity index (χ1) is 12.6. The number of rotatable bonds is 7. The van der Waals surface area contributed by atoms with E-state index < -0.39 is 6.09 Å². The summed E-state index contributed by atoms with van der Waals surface area (Å²) in [7, 11) is 1.59. The van der Waals surface area contributed by atoms with Crippen molar-refractivity contribution in [1.82, 2.24) is 10.7 Å². The smallest absolute Gasteiger partial charge is 0.428 e. The van der Waals surface area contributed by atoms with Crippen LogP contribution >= 0.6 is 0 Å². The van der Waals surface area contributed by atoms with E-state index in [4.69, 9.17) is 9.47 Å². The molecule has 1 aromatic rings. The summed E-state index contributed by atoms with van der Waals surface area (Å²) >= 11 is 0. The number of methoxy groups -OCH3 is 1. The molecule has 1 fully saturated rings. The molecule has 2 rings (SSSR count). The number of nitrogens with one attached hydrogen (secondary N) is 2. The number of amides is 2. The number of benzene rings is 1. The van der Waals surface area contributed by atoms with E-state index in [-0.39, 0.29) is 25.0 Å². The monoisotopic (exact) mass is 361 g/mol. The quantitative estimate of drug-likeness (QED) is 0.577. The van der Waals surface area contributed by atoms with Crippen LogP contribution < -0.4 is 15.5 Å². The molecule has 0 spiro atoms. The Hall–Kier alpha value is -2.57. The largest absolute Gasteiger partial charge is 0.497 e. The SMILES string of the molecule is COc1ccc(COC(=O)NN=C(C)CC(=O)NC2CCCCC2)cc1. The van der Waals surface area contributed by atoms with Crippen molar-refractivity contribution in [2.24, 2.45) is 5.10 Å². The highest BCUT2D eigenvalue weighted by Gasteiger charge is 2.16. The fourth-order valence-electron chi connectivity index (χ4n) is 2.84. The first-order valence-corrected chi connectivity index (χ1v) is 8.95. The Kier molecular flexibility index (Phi) is 7.92. The molecule has 2 amide bonds. The molecule has 1 aromatic carbocycles. The van der Waals surface area contributed by atoms with Crippen LogP contribution in [0, 0.1) is 0 Å². The fraction of sp³-hybridized carbons (Fsp3) is 0.526. The third-order valence-corrected chi connectivity index (χ3v) is 4.25. The van der Waals surface area contributed by atoms with Gasteiger partial charge in [0.25, 0.3) is 0 Å². The van der Waals surface area contributed by atoms with Gasteiger partial charge >= 0.3 is 6.09 Å². The van der Waals surface area contributed by atoms with Gasteiger partial charge in [-0.15, -0.1) is 0 Å². The van der Waals surface area contributed by atoms with Gasteiger partial charge in [-0.1, -0.05) is 31.4 Å². The summed E-state index contributed by atoms with van der Waals surface area (Å²) in [5, 5.41) is 6.93. The minimum atomic E-state index is -0.659. The molecule has 0 radical (unpaired) electrons. The maximum absolute atomic E-state index is 12.0. The molecule has 0 atom stereocenters. The molecule has 0 aromatic heterocycles. The number of nitrogens with zero attached hydrogens (tertiary/aromatic N) is 1. The number of hydrazone groups is 1. The van der Waals surface area contributed by atoms with Crippen molar-refractivity contribution < 1.29 is 19.1 Å². The van der Waals surface area contributed by atoms with Gasteiger partial charge in [0.05, 0.1) is 13.5 Å². The molecule has 0 bridgehead atoms. The predicted octanol–water partition coefficient (Wildman–Crippen LogP) is 3.14. The molecule has 1 aliphatic carbocycles. The van der Waals surface area contributed by atoms with Crippen molar-refractivity contribution in [3.63, 3.8) is 0 Å². The lowest BCUT2D eigenvalue weighted by molar-refractivity contribution is -0.120. The molecule has 0 heterocycles. The second-order valence-electron chi connectivity index (χ2n) is 6.46. The molecule has 7 heteroatoms. The van der Waals surface area contributed by atoms with Gasteiger partial charge in [-0.2, -0.15) is 5.10 Å². The lowest BCUT2D eigenvalue weighted by Crippen LogP contribution is -2.37. The maximum atomic E-state index is 12.0. The zero-order chi connectivity index (χ0) is 18.8. The number of carbonyl (C=O) groups is 2. The maximum Gasteiger partial charge on any atom is 0.428 e. The Morgan fingerprint density at radius 2 is 1.85 bits per heavy atom. The van der Waals surface area contributed by atoms with Gasteiger partial charge in [-0.3, -0.25) is 4.79 Å². The highest BCUT2D eigenvalue weighted by Crippen LogP contribution is 2.17. The van der Waals surface area contributed by atoms with E-state index in [1.54, 1.807) is 26.2 Å². The normalized spacial score (nSPS) is 15.2. The van der Waals surface area contributed by atoms with E-state index in [9.17, 15) is 9.59 Å². The molecule has 26 heavy (non-hydrogen) atoms. The average molecular weight is 361 g/mol. The Morgan fingerprint density at radius 1 is 1.15 bits per heavy atom. The standard InChI is InChI=1S/C19H27N3O4/c1-14(12-18(23)20-16-6-4-3-5-7-16)21-22-19(24)26-13-15-8-10-17(25-2)11-9-15/h8-11,16H,3-7,12-13H2,1-2H3,(H,20,23)(H,22,24). The number of hydrogen-bond acceptors (Lipinski definition) is 5. The van der Waals surface area contributed by atoms with Crippen LogP contribution in [0.1, 0.15) is 51.0 Å². The second-order valence-corrected chi connectivity index (χ2v) is 6.46. The number of carbonyl (C=O) groups excluding carboxylic acids is 2. The molecule has 142 valence electrons. The summed E-state index contributed by atoms with van der Waals surface area (Å²) in [6, 6.07) is 7.49. The lowest BCUT2D eigenvalue weighted by Gasteiger charge is -2.22. The zero-order valence-corrected chi connectivity index (χ0v) is 15.4. The first-order valence-electron chi connectivity index (χ1n) is 8.95. The Labute approximate surface area is 154 Å². The minimum Gasteiger partial charge on any atom is -0.497 e. The third-order valence-electron chi connectivity index (χ3n) is 4.25. The van der Waals surface area contributed by atoms with E-state index in [1.807, 2.05) is 12.1 Å². The van der Waals surface area contributed by atoms with Crippen molar-refractivity contribution in [2.45, 2.75) is 58.1 Å². The van der Waals surface area contributed by atoms with Gasteiger partial charge in [0.2, 0.25) is 5.91 Å². The third kappa shape index (κ3) is 7.13. The van der Waals surface area contributed by atoms with Crippen LogP contribution in [0.2, 0.25) is 0 Å². The minimum absolute atomic E-state index is 0.0634. The lowest BCUT2D eigenvalue weighted by atomic mass is 9.95. The number of ether oxygens (including phenoxy) is 2. The van der Waals surface area contributed by atoms with Crippen LogP contribution in [-0.4, -0.2) is 30.9 Å². The molecule has 1 saturated carbocycles. The summed E-state index contributed by atoms with van der Waals surface area (Å²) in [6.45, 7) is 1.83. The van der Waals surface area contributed by atoms with Gasteiger partial charge in [0.1, 0.15) is 12.4 Å². The second kappa shape index (κ2) is 10.4. The Bertz CT molecular complexity index is 622. The molecule has 0 aliphatic heterocycles. The van der Waals surface area contributed by atoms with Gasteiger partial charge in [0, 0.05) is 11.8 Å². The first kappa shape index (κ1) is 19.8. The van der Waals surface area contributed by atoms with Gasteiger partial charge in [-0.25, -0.2) is 10.2 Å². The van der Waals surface area contributed by atoms with Crippen molar-refractivity contribution in [2.75, 3.05) is 7.11 Å². The van der Waals surface area contributed by atoms with E-state index in [2.05, 4.69) is 15.8 Å². The van der Waals surface area contributed by atoms with E-state index in [1.165, 1.54) is 19.3 Å². The summed E-state index contributed by atoms with van der Waals surface area (Å²) in [4.78, 5) is 23.7. The molecule has 1 aliphatic rings. The molecule has 0 unspecified atom stereocenters. The van der Waals surface area contributed by atoms with Crippen LogP contribution in [0.4, 0.5) is 4.79 Å². The molecule has 0 saturated heterocycles. The van der Waals surface area contributed by atoms with Crippen LogP contribution in [0.25, 0.3) is 0 Å². The zero-order valence-electron chi connectivity index (χ0n) is 15.4. The summed E-state index contributed by atoms with van der Waals surface area (Å²) < 4.78 is 10.1. The van der Waals surface area contributed by atoms with Gasteiger partial charge in [-0.05, 0) is 37.5 Å². The van der Waals surface area contributed by atoms with Crippen molar-refractivity contribution in [3.05, 3.63) is 29.8 Å². The topological polar surface area (TPSA) is 89.0 Å². The average Bonchev–Trinajstić information content (AvgIpc) is 2.65. The van der Waals surface area contributed by atoms with Crippen molar-refractivity contribution in [1.29, 1.82) is 0 Å². The number of hydrogen-bond donors (Lipinski definition) is 2. The van der Waals surface area contributed by atoms with E-state index in [0.717, 1.165) is 24.2 Å². The van der Waals surface area contributed by atoms with E-state index in [0.29, 0.717) is 5.71 Å². The van der Waals surface area contributed by atoms with E-state index >= 15 is 0 Å². The summed E-state index contributed by atoms with van der Waals surface area (Å²) in [6.07, 6.45) is 5.16.